The van der Waals surface area contributed by atoms with Crippen LogP contribution in [-0.2, 0) is 4.74 Å². The molecule has 1 saturated heterocycles. The first-order chi connectivity index (χ1) is 6.68. The molecule has 1 aromatic heterocycles. The summed E-state index contributed by atoms with van der Waals surface area (Å²) in [7, 11) is 0. The third kappa shape index (κ3) is 1.67. The van der Waals surface area contributed by atoms with Crippen molar-refractivity contribution in [1.29, 1.82) is 0 Å². The van der Waals surface area contributed by atoms with Crippen molar-refractivity contribution in [2.24, 2.45) is 0 Å². The Labute approximate surface area is 89.0 Å². The third-order valence-electron chi connectivity index (χ3n) is 2.12. The van der Waals surface area contributed by atoms with Gasteiger partial charge in [0.1, 0.15) is 5.82 Å². The van der Waals surface area contributed by atoms with Crippen molar-refractivity contribution < 1.29 is 4.74 Å². The molecular weight excluding hydrogens is 250 g/mol. The number of halogens is 1. The summed E-state index contributed by atoms with van der Waals surface area (Å²) in [5, 5.41) is 0. The fourth-order valence-corrected chi connectivity index (χ4v) is 2.02. The standard InChI is InChI=1S/C8H10BrN3O2/c9-5-2-4-14-7(5)12-3-1-6(10)11-8(12)13/h1,3,5,7H,2,4H2,(H2,10,11,13)/t5-,7+/m0/s1. The molecule has 1 fully saturated rings. The zero-order valence-electron chi connectivity index (χ0n) is 7.39. The molecule has 0 amide bonds. The summed E-state index contributed by atoms with van der Waals surface area (Å²) in [6.45, 7) is 0.650. The van der Waals surface area contributed by atoms with Gasteiger partial charge in [-0.15, -0.1) is 0 Å². The van der Waals surface area contributed by atoms with Gasteiger partial charge in [-0.1, -0.05) is 15.9 Å². The minimum Gasteiger partial charge on any atom is -0.383 e. The highest BCUT2D eigenvalue weighted by molar-refractivity contribution is 9.09. The molecule has 2 rings (SSSR count). The fraction of sp³-hybridized carbons (Fsp3) is 0.500. The zero-order chi connectivity index (χ0) is 10.1. The summed E-state index contributed by atoms with van der Waals surface area (Å²) < 4.78 is 6.85. The van der Waals surface area contributed by atoms with Gasteiger partial charge in [0.25, 0.3) is 0 Å². The van der Waals surface area contributed by atoms with Gasteiger partial charge in [0.2, 0.25) is 0 Å². The molecule has 14 heavy (non-hydrogen) atoms. The lowest BCUT2D eigenvalue weighted by molar-refractivity contribution is 0.0560. The summed E-state index contributed by atoms with van der Waals surface area (Å²) in [4.78, 5) is 15.2. The zero-order valence-corrected chi connectivity index (χ0v) is 8.98. The van der Waals surface area contributed by atoms with Gasteiger partial charge in [-0.05, 0) is 12.5 Å². The Bertz CT molecular complexity index is 392. The van der Waals surface area contributed by atoms with E-state index in [0.717, 1.165) is 6.42 Å². The summed E-state index contributed by atoms with van der Waals surface area (Å²) in [6.07, 6.45) is 2.23. The normalized spacial score (nSPS) is 26.6. The van der Waals surface area contributed by atoms with Crippen molar-refractivity contribution in [1.82, 2.24) is 9.55 Å². The van der Waals surface area contributed by atoms with Crippen LogP contribution in [-0.4, -0.2) is 21.0 Å². The van der Waals surface area contributed by atoms with E-state index in [1.54, 1.807) is 12.3 Å². The monoisotopic (exact) mass is 259 g/mol. The summed E-state index contributed by atoms with van der Waals surface area (Å²) in [5.74, 6) is 0.232. The average molecular weight is 260 g/mol. The Morgan fingerprint density at radius 3 is 3.07 bits per heavy atom. The van der Waals surface area contributed by atoms with Gasteiger partial charge in [-0.2, -0.15) is 4.98 Å². The van der Waals surface area contributed by atoms with Crippen molar-refractivity contribution in [2.75, 3.05) is 12.3 Å². The molecule has 5 nitrogen and oxygen atoms in total. The second kappa shape index (κ2) is 3.70. The number of aromatic nitrogens is 2. The molecule has 0 aromatic carbocycles. The van der Waals surface area contributed by atoms with Crippen molar-refractivity contribution in [3.63, 3.8) is 0 Å². The van der Waals surface area contributed by atoms with Crippen LogP contribution in [0.5, 0.6) is 0 Å². The maximum atomic E-state index is 11.4. The maximum absolute atomic E-state index is 11.4. The number of ether oxygens (including phenoxy) is 1. The molecular formula is C8H10BrN3O2. The third-order valence-corrected chi connectivity index (χ3v) is 3.03. The predicted octanol–water partition coefficient (Wildman–Crippen LogP) is 0.508. The molecule has 2 N–H and O–H groups in total. The Kier molecular flexibility index (Phi) is 2.56. The Hall–Kier alpha value is -0.880. The van der Waals surface area contributed by atoms with Crippen molar-refractivity contribution in [3.05, 3.63) is 22.7 Å². The number of nitrogens with zero attached hydrogens (tertiary/aromatic N) is 2. The number of rotatable bonds is 1. The van der Waals surface area contributed by atoms with Crippen LogP contribution in [0.1, 0.15) is 12.6 Å². The molecule has 2 atom stereocenters. The Morgan fingerprint density at radius 2 is 2.50 bits per heavy atom. The minimum atomic E-state index is -0.374. The van der Waals surface area contributed by atoms with Gasteiger partial charge in [-0.25, -0.2) is 4.79 Å². The predicted molar refractivity (Wildman–Crippen MR) is 55.2 cm³/mol. The van der Waals surface area contributed by atoms with E-state index in [9.17, 15) is 4.79 Å². The number of anilines is 1. The van der Waals surface area contributed by atoms with Gasteiger partial charge in [0.05, 0.1) is 11.4 Å². The lowest BCUT2D eigenvalue weighted by Gasteiger charge is -2.15. The SMILES string of the molecule is Nc1ccn([C@@H]2OCC[C@@H]2Br)c(=O)n1. The van der Waals surface area contributed by atoms with Gasteiger partial charge in [0, 0.05) is 6.20 Å². The number of nitrogens with two attached hydrogens (primary N) is 1. The van der Waals surface area contributed by atoms with E-state index in [4.69, 9.17) is 10.5 Å². The quantitative estimate of drug-likeness (QED) is 0.747. The molecule has 2 heterocycles. The molecule has 1 aromatic rings. The van der Waals surface area contributed by atoms with E-state index in [2.05, 4.69) is 20.9 Å². The van der Waals surface area contributed by atoms with E-state index in [0.29, 0.717) is 6.61 Å². The molecule has 0 unspecified atom stereocenters. The largest absolute Gasteiger partial charge is 0.383 e. The van der Waals surface area contributed by atoms with Gasteiger partial charge in [0.15, 0.2) is 6.23 Å². The number of hydrogen-bond donors (Lipinski definition) is 1. The molecule has 76 valence electrons. The summed E-state index contributed by atoms with van der Waals surface area (Å²) in [6, 6.07) is 1.59. The molecule has 6 heteroatoms. The first-order valence-electron chi connectivity index (χ1n) is 4.29. The first kappa shape index (κ1) is 9.67. The molecule has 0 saturated carbocycles. The average Bonchev–Trinajstić information content (AvgIpc) is 2.52. The second-order valence-electron chi connectivity index (χ2n) is 3.11. The Morgan fingerprint density at radius 1 is 1.71 bits per heavy atom. The first-order valence-corrected chi connectivity index (χ1v) is 5.20. The fourth-order valence-electron chi connectivity index (χ4n) is 1.42. The smallest absolute Gasteiger partial charge is 0.351 e. The van der Waals surface area contributed by atoms with Crippen molar-refractivity contribution >= 4 is 21.7 Å². The van der Waals surface area contributed by atoms with Crippen LogP contribution < -0.4 is 11.4 Å². The molecule has 0 bridgehead atoms. The van der Waals surface area contributed by atoms with Crippen LogP contribution in [0.4, 0.5) is 5.82 Å². The molecule has 1 aliphatic rings. The van der Waals surface area contributed by atoms with Crippen LogP contribution in [0.3, 0.4) is 0 Å². The maximum Gasteiger partial charge on any atom is 0.351 e. The minimum absolute atomic E-state index is 0.158. The van der Waals surface area contributed by atoms with Gasteiger partial charge < -0.3 is 10.5 Å². The molecule has 0 radical (unpaired) electrons. The topological polar surface area (TPSA) is 70.1 Å². The second-order valence-corrected chi connectivity index (χ2v) is 4.28. The highest BCUT2D eigenvalue weighted by Crippen LogP contribution is 2.28. The van der Waals surface area contributed by atoms with Crippen LogP contribution >= 0.6 is 15.9 Å². The number of nitrogen functional groups attached to an aromatic ring is 1. The van der Waals surface area contributed by atoms with Crippen LogP contribution in [0.25, 0.3) is 0 Å². The van der Waals surface area contributed by atoms with Gasteiger partial charge >= 0.3 is 5.69 Å². The van der Waals surface area contributed by atoms with E-state index < -0.39 is 0 Å². The summed E-state index contributed by atoms with van der Waals surface area (Å²) >= 11 is 3.45. The number of hydrogen-bond acceptors (Lipinski definition) is 4. The lowest BCUT2D eigenvalue weighted by atomic mass is 10.3. The van der Waals surface area contributed by atoms with E-state index in [1.165, 1.54) is 4.57 Å². The van der Waals surface area contributed by atoms with E-state index >= 15 is 0 Å². The van der Waals surface area contributed by atoms with Crippen molar-refractivity contribution in [3.8, 4) is 0 Å². The highest BCUT2D eigenvalue weighted by atomic mass is 79.9. The van der Waals surface area contributed by atoms with Crippen LogP contribution in [0, 0.1) is 0 Å². The summed E-state index contributed by atoms with van der Waals surface area (Å²) in [5.41, 5.74) is 5.01. The highest BCUT2D eigenvalue weighted by Gasteiger charge is 2.28. The molecule has 0 aliphatic carbocycles. The lowest BCUT2D eigenvalue weighted by Crippen LogP contribution is -2.29. The molecule has 0 spiro atoms. The van der Waals surface area contributed by atoms with E-state index in [1.807, 2.05) is 0 Å². The number of alkyl halides is 1. The van der Waals surface area contributed by atoms with Crippen molar-refractivity contribution in [2.45, 2.75) is 17.5 Å². The Balaban J connectivity index is 2.36. The van der Waals surface area contributed by atoms with E-state index in [-0.39, 0.29) is 22.6 Å². The molecule has 1 aliphatic heterocycles. The van der Waals surface area contributed by atoms with Gasteiger partial charge in [-0.3, -0.25) is 4.57 Å². The van der Waals surface area contributed by atoms with Crippen LogP contribution in [0.2, 0.25) is 0 Å². The van der Waals surface area contributed by atoms with Crippen LogP contribution in [0.15, 0.2) is 17.1 Å².